The minimum atomic E-state index is -4.23. The topological polar surface area (TPSA) is 149 Å². The lowest BCUT2D eigenvalue weighted by atomic mass is 10.1. The van der Waals surface area contributed by atoms with Crippen molar-refractivity contribution in [2.75, 3.05) is 11.9 Å². The Morgan fingerprint density at radius 3 is 2.91 bits per heavy atom. The number of aromatic nitrogens is 3. The number of alkyl halides is 1. The van der Waals surface area contributed by atoms with Gasteiger partial charge in [-0.1, -0.05) is 23.7 Å². The van der Waals surface area contributed by atoms with Gasteiger partial charge in [-0.3, -0.25) is 8.98 Å². The number of ketones is 1. The summed E-state index contributed by atoms with van der Waals surface area (Å²) in [6, 6.07) is 8.09. The first-order valence-electron chi connectivity index (χ1n) is 10.6. The highest BCUT2D eigenvalue weighted by Gasteiger charge is 2.44. The van der Waals surface area contributed by atoms with Gasteiger partial charge in [0.2, 0.25) is 0 Å². The maximum atomic E-state index is 14.7. The Hall–Kier alpha value is -2.90. The van der Waals surface area contributed by atoms with Crippen molar-refractivity contribution in [1.82, 2.24) is 14.5 Å². The largest absolute Gasteiger partial charge is 0.390 e. The number of carbonyl (C=O) groups excluding carboxylic acids is 1. The Labute approximate surface area is 206 Å². The number of nitrogens with zero attached hydrogens (tertiary/aromatic N) is 3. The molecule has 0 unspecified atom stereocenters. The molecule has 1 aromatic carbocycles. The van der Waals surface area contributed by atoms with Gasteiger partial charge in [-0.25, -0.2) is 19.5 Å². The van der Waals surface area contributed by atoms with Crippen molar-refractivity contribution in [2.24, 2.45) is 11.1 Å². The first-order valence-corrected chi connectivity index (χ1v) is 12.5. The molecule has 2 heterocycles. The fourth-order valence-corrected chi connectivity index (χ4v) is 4.62. The number of aliphatic hydroxyl groups is 1. The molecule has 4 N–H and O–H groups in total. The summed E-state index contributed by atoms with van der Waals surface area (Å²) in [5, 5.41) is 18.4. The maximum absolute atomic E-state index is 14.7. The molecule has 2 aromatic heterocycles. The second-order valence-corrected chi connectivity index (χ2v) is 9.93. The van der Waals surface area contributed by atoms with Gasteiger partial charge in [-0.05, 0) is 30.2 Å². The number of nitrogens with two attached hydrogens (primary N) is 1. The van der Waals surface area contributed by atoms with E-state index in [1.54, 1.807) is 24.5 Å². The van der Waals surface area contributed by atoms with Gasteiger partial charge < -0.3 is 15.0 Å². The Morgan fingerprint density at radius 2 is 2.17 bits per heavy atom. The number of nitrogens with one attached hydrogen (secondary N) is 1. The van der Waals surface area contributed by atoms with Crippen molar-refractivity contribution >= 4 is 33.5 Å². The monoisotopic (exact) mass is 523 g/mol. The molecular weight excluding hydrogens is 501 g/mol. The van der Waals surface area contributed by atoms with Crippen molar-refractivity contribution in [3.63, 3.8) is 0 Å². The van der Waals surface area contributed by atoms with Crippen LogP contribution in [0.15, 0.2) is 55.2 Å². The van der Waals surface area contributed by atoms with Crippen molar-refractivity contribution in [3.8, 4) is 0 Å². The highest BCUT2D eigenvalue weighted by atomic mass is 35.5. The average Bonchev–Trinajstić information content (AvgIpc) is 3.37. The molecule has 0 radical (unpaired) electrons. The average molecular weight is 524 g/mol. The summed E-state index contributed by atoms with van der Waals surface area (Å²) < 4.78 is 43.1. The van der Waals surface area contributed by atoms with Gasteiger partial charge in [0.1, 0.15) is 18.3 Å². The molecule has 1 saturated carbocycles. The molecule has 0 amide bonds. The van der Waals surface area contributed by atoms with E-state index >= 15 is 0 Å². The fourth-order valence-electron chi connectivity index (χ4n) is 4.04. The molecule has 1 fully saturated rings. The van der Waals surface area contributed by atoms with Gasteiger partial charge in [-0.2, -0.15) is 8.42 Å². The second kappa shape index (κ2) is 10.4. The summed E-state index contributed by atoms with van der Waals surface area (Å²) in [4.78, 5) is 21.2. The van der Waals surface area contributed by atoms with Crippen molar-refractivity contribution in [2.45, 2.75) is 31.3 Å². The van der Waals surface area contributed by atoms with E-state index in [-0.39, 0.29) is 23.6 Å². The first-order chi connectivity index (χ1) is 16.6. The highest BCUT2D eigenvalue weighted by molar-refractivity contribution is 7.84. The molecule has 3 aromatic rings. The molecule has 0 bridgehead atoms. The summed E-state index contributed by atoms with van der Waals surface area (Å²) in [5.41, 5.74) is 1.47. The number of hydrogen-bond donors (Lipinski definition) is 3. The molecule has 4 rings (SSSR count). The Morgan fingerprint density at radius 1 is 1.37 bits per heavy atom. The van der Waals surface area contributed by atoms with Gasteiger partial charge in [0.25, 0.3) is 0 Å². The van der Waals surface area contributed by atoms with Crippen LogP contribution in [0.5, 0.6) is 0 Å². The SMILES string of the molecule is NS(=O)(=O)OC[C@H]1C[C@@H](Nc2ncncc2C(=O)c2ccn(Cc3cccc(Cl)c3)c2)[C@@H](F)[C@@H]1O. The van der Waals surface area contributed by atoms with Crippen LogP contribution in [0.4, 0.5) is 10.2 Å². The van der Waals surface area contributed by atoms with Gasteiger partial charge in [-0.15, -0.1) is 0 Å². The molecule has 13 heteroatoms. The van der Waals surface area contributed by atoms with Crippen LogP contribution in [-0.2, 0) is 21.0 Å². The summed E-state index contributed by atoms with van der Waals surface area (Å²) >= 11 is 6.03. The van der Waals surface area contributed by atoms with Crippen LogP contribution in [-0.4, -0.2) is 58.8 Å². The lowest BCUT2D eigenvalue weighted by Gasteiger charge is -2.18. The number of rotatable bonds is 9. The molecule has 10 nitrogen and oxygen atoms in total. The third-order valence-electron chi connectivity index (χ3n) is 5.74. The van der Waals surface area contributed by atoms with Gasteiger partial charge in [0.15, 0.2) is 5.78 Å². The van der Waals surface area contributed by atoms with Crippen LogP contribution in [0.25, 0.3) is 0 Å². The van der Waals surface area contributed by atoms with E-state index < -0.39 is 41.1 Å². The zero-order chi connectivity index (χ0) is 25.2. The van der Waals surface area contributed by atoms with E-state index in [9.17, 15) is 22.7 Å². The first kappa shape index (κ1) is 25.2. The molecule has 0 aliphatic heterocycles. The minimum absolute atomic E-state index is 0.0332. The summed E-state index contributed by atoms with van der Waals surface area (Å²) in [6.07, 6.45) is 2.78. The lowest BCUT2D eigenvalue weighted by molar-refractivity contribution is 0.0501. The highest BCUT2D eigenvalue weighted by Crippen LogP contribution is 2.32. The summed E-state index contributed by atoms with van der Waals surface area (Å²) in [5.74, 6) is -1.09. The summed E-state index contributed by atoms with van der Waals surface area (Å²) in [6.45, 7) is 0.0456. The molecular formula is C22H23ClFN5O5S. The number of anilines is 1. The molecule has 35 heavy (non-hydrogen) atoms. The zero-order valence-corrected chi connectivity index (χ0v) is 19.9. The van der Waals surface area contributed by atoms with Crippen LogP contribution in [0.2, 0.25) is 5.02 Å². The number of halogens is 2. The van der Waals surface area contributed by atoms with Crippen LogP contribution < -0.4 is 10.5 Å². The minimum Gasteiger partial charge on any atom is -0.390 e. The Balaban J connectivity index is 1.47. The standard InChI is InChI=1S/C22H23ClFN5O5S/c23-16-3-1-2-13(6-16)9-29-5-4-14(10-29)20(30)17-8-26-12-27-22(17)28-18-7-15(21(31)19(18)24)11-34-35(25,32)33/h1-6,8,10,12,15,18-19,21,31H,7,9,11H2,(H2,25,32,33)(H,26,27,28)/t15-,18-,19-,21-/m1/s1. The van der Waals surface area contributed by atoms with Gasteiger partial charge in [0, 0.05) is 41.6 Å². The maximum Gasteiger partial charge on any atom is 0.333 e. The van der Waals surface area contributed by atoms with E-state index in [0.29, 0.717) is 17.1 Å². The van der Waals surface area contributed by atoms with Crippen molar-refractivity contribution in [1.29, 1.82) is 0 Å². The molecule has 1 aliphatic rings. The number of benzene rings is 1. The number of hydrogen-bond acceptors (Lipinski definition) is 8. The van der Waals surface area contributed by atoms with E-state index in [4.69, 9.17) is 16.7 Å². The summed E-state index contributed by atoms with van der Waals surface area (Å²) in [7, 11) is -4.23. The molecule has 0 spiro atoms. The number of aliphatic hydroxyl groups excluding tert-OH is 1. The van der Waals surface area contributed by atoms with Crippen LogP contribution in [0, 0.1) is 5.92 Å². The lowest BCUT2D eigenvalue weighted by Crippen LogP contribution is -2.33. The normalized spacial score (nSPS) is 22.3. The Kier molecular flexibility index (Phi) is 7.47. The van der Waals surface area contributed by atoms with Crippen molar-refractivity contribution < 1.29 is 26.9 Å². The molecule has 0 saturated heterocycles. The second-order valence-electron chi connectivity index (χ2n) is 8.28. The third-order valence-corrected chi connectivity index (χ3v) is 6.44. The van der Waals surface area contributed by atoms with Crippen LogP contribution in [0.3, 0.4) is 0 Å². The fraction of sp³-hybridized carbons (Fsp3) is 0.318. The smallest absolute Gasteiger partial charge is 0.333 e. The van der Waals surface area contributed by atoms with Crippen LogP contribution >= 0.6 is 11.6 Å². The van der Waals surface area contributed by atoms with Crippen LogP contribution in [0.1, 0.15) is 27.9 Å². The van der Waals surface area contributed by atoms with E-state index in [1.165, 1.54) is 12.5 Å². The van der Waals surface area contributed by atoms with E-state index in [0.717, 1.165) is 5.56 Å². The third kappa shape index (κ3) is 6.21. The van der Waals surface area contributed by atoms with Gasteiger partial charge >= 0.3 is 10.3 Å². The predicted molar refractivity (Wildman–Crippen MR) is 126 cm³/mol. The quantitative estimate of drug-likeness (QED) is 0.360. The van der Waals surface area contributed by atoms with E-state index in [2.05, 4.69) is 19.5 Å². The zero-order valence-electron chi connectivity index (χ0n) is 18.3. The number of carbonyl (C=O) groups is 1. The van der Waals surface area contributed by atoms with Crippen molar-refractivity contribution in [3.05, 3.63) is 77.0 Å². The van der Waals surface area contributed by atoms with E-state index in [1.807, 2.05) is 22.8 Å². The van der Waals surface area contributed by atoms with Gasteiger partial charge in [0.05, 0.1) is 24.3 Å². The molecule has 1 aliphatic carbocycles. The predicted octanol–water partition coefficient (Wildman–Crippen LogP) is 1.93. The molecule has 186 valence electrons. The molecule has 4 atom stereocenters. The Bertz CT molecular complexity index is 1320.